The molecule has 0 fully saturated rings. The molecule has 0 aliphatic rings. The summed E-state index contributed by atoms with van der Waals surface area (Å²) in [6.45, 7) is 1.49. The molecule has 2 aromatic heterocycles. The molecule has 0 saturated heterocycles. The first-order chi connectivity index (χ1) is 9.90. The zero-order valence-electron chi connectivity index (χ0n) is 11.1. The van der Waals surface area contributed by atoms with E-state index >= 15 is 0 Å². The molecule has 0 amide bonds. The number of hydrogen-bond acceptors (Lipinski definition) is 3. The number of H-pyrrole nitrogens is 2. The summed E-state index contributed by atoms with van der Waals surface area (Å²) in [5.74, 6) is -1.72. The highest BCUT2D eigenvalue weighted by molar-refractivity contribution is 5.75. The summed E-state index contributed by atoms with van der Waals surface area (Å²) < 4.78 is 29.1. The molecule has 0 radical (unpaired) electrons. The van der Waals surface area contributed by atoms with Crippen LogP contribution in [-0.4, -0.2) is 19.5 Å². The molecule has 3 aromatic rings. The number of benzene rings is 1. The average molecular weight is 292 g/mol. The number of aromatic nitrogens is 4. The molecule has 0 unspecified atom stereocenters. The van der Waals surface area contributed by atoms with Crippen molar-refractivity contribution in [1.82, 2.24) is 19.5 Å². The molecule has 3 rings (SSSR count). The largest absolute Gasteiger partial charge is 0.332 e. The minimum atomic E-state index is -0.807. The SMILES string of the molecule is Cc1ccc(F)c(-c2nc3c([nH]2)c(=O)[nH]c(=O)n3C)c1F. The van der Waals surface area contributed by atoms with Crippen LogP contribution in [0.15, 0.2) is 21.7 Å². The Morgan fingerprint density at radius 3 is 2.62 bits per heavy atom. The predicted molar refractivity (Wildman–Crippen MR) is 72.0 cm³/mol. The zero-order chi connectivity index (χ0) is 15.3. The van der Waals surface area contributed by atoms with Gasteiger partial charge in [0.25, 0.3) is 5.56 Å². The Morgan fingerprint density at radius 2 is 1.90 bits per heavy atom. The molecular formula is C13H10F2N4O2. The van der Waals surface area contributed by atoms with E-state index in [0.717, 1.165) is 10.6 Å². The Hall–Kier alpha value is -2.77. The summed E-state index contributed by atoms with van der Waals surface area (Å²) in [4.78, 5) is 31.8. The highest BCUT2D eigenvalue weighted by Gasteiger charge is 2.19. The van der Waals surface area contributed by atoms with Crippen molar-refractivity contribution in [3.8, 4) is 11.4 Å². The van der Waals surface area contributed by atoms with Crippen LogP contribution in [0.1, 0.15) is 5.56 Å². The van der Waals surface area contributed by atoms with E-state index in [-0.39, 0.29) is 28.1 Å². The summed E-state index contributed by atoms with van der Waals surface area (Å²) in [6, 6.07) is 2.42. The van der Waals surface area contributed by atoms with Crippen molar-refractivity contribution in [3.05, 3.63) is 50.2 Å². The summed E-state index contributed by atoms with van der Waals surface area (Å²) in [5, 5.41) is 0. The van der Waals surface area contributed by atoms with E-state index in [4.69, 9.17) is 0 Å². The number of nitrogens with zero attached hydrogens (tertiary/aromatic N) is 2. The number of aryl methyl sites for hydroxylation is 2. The minimum absolute atomic E-state index is 0.0209. The van der Waals surface area contributed by atoms with Crippen molar-refractivity contribution in [2.75, 3.05) is 0 Å². The number of hydrogen-bond donors (Lipinski definition) is 2. The summed E-state index contributed by atoms with van der Waals surface area (Å²) in [7, 11) is 1.40. The second kappa shape index (κ2) is 4.37. The highest BCUT2D eigenvalue weighted by atomic mass is 19.1. The van der Waals surface area contributed by atoms with Crippen LogP contribution in [0.3, 0.4) is 0 Å². The van der Waals surface area contributed by atoms with Gasteiger partial charge in [-0.2, -0.15) is 0 Å². The smallest absolute Gasteiger partial charge is 0.329 e. The van der Waals surface area contributed by atoms with Crippen molar-refractivity contribution in [2.24, 2.45) is 7.05 Å². The van der Waals surface area contributed by atoms with Gasteiger partial charge >= 0.3 is 5.69 Å². The quantitative estimate of drug-likeness (QED) is 0.707. The van der Waals surface area contributed by atoms with Crippen LogP contribution in [0.4, 0.5) is 8.78 Å². The number of aromatic amines is 2. The Bertz CT molecular complexity index is 984. The molecule has 108 valence electrons. The highest BCUT2D eigenvalue weighted by Crippen LogP contribution is 2.26. The molecule has 0 atom stereocenters. The van der Waals surface area contributed by atoms with Gasteiger partial charge in [0.2, 0.25) is 0 Å². The Labute approximate surface area is 116 Å². The van der Waals surface area contributed by atoms with E-state index in [1.807, 2.05) is 0 Å². The van der Waals surface area contributed by atoms with Gasteiger partial charge in [-0.05, 0) is 18.6 Å². The lowest BCUT2D eigenvalue weighted by Gasteiger charge is -2.03. The second-order valence-electron chi connectivity index (χ2n) is 4.66. The first-order valence-electron chi connectivity index (χ1n) is 6.04. The van der Waals surface area contributed by atoms with Gasteiger partial charge in [0.1, 0.15) is 23.0 Å². The van der Waals surface area contributed by atoms with Gasteiger partial charge in [-0.3, -0.25) is 14.3 Å². The third-order valence-corrected chi connectivity index (χ3v) is 3.28. The first kappa shape index (κ1) is 13.2. The van der Waals surface area contributed by atoms with Gasteiger partial charge in [0.05, 0.1) is 5.56 Å². The molecule has 0 aliphatic heterocycles. The van der Waals surface area contributed by atoms with E-state index in [1.165, 1.54) is 20.0 Å². The molecule has 0 aliphatic carbocycles. The number of fused-ring (bicyclic) bond motifs is 1. The molecule has 2 N–H and O–H groups in total. The lowest BCUT2D eigenvalue weighted by molar-refractivity contribution is 0.582. The van der Waals surface area contributed by atoms with Gasteiger partial charge in [-0.25, -0.2) is 18.6 Å². The molecular weight excluding hydrogens is 282 g/mol. The topological polar surface area (TPSA) is 83.5 Å². The number of halogens is 2. The van der Waals surface area contributed by atoms with Crippen LogP contribution in [-0.2, 0) is 7.05 Å². The molecule has 8 heteroatoms. The maximum absolute atomic E-state index is 14.1. The average Bonchev–Trinajstić information content (AvgIpc) is 2.86. The summed E-state index contributed by atoms with van der Waals surface area (Å²) in [6.07, 6.45) is 0. The van der Waals surface area contributed by atoms with E-state index < -0.39 is 22.9 Å². The van der Waals surface area contributed by atoms with E-state index in [0.29, 0.717) is 0 Å². The van der Waals surface area contributed by atoms with Gasteiger partial charge in [-0.1, -0.05) is 6.07 Å². The van der Waals surface area contributed by atoms with Crippen molar-refractivity contribution in [1.29, 1.82) is 0 Å². The van der Waals surface area contributed by atoms with E-state index in [1.54, 1.807) is 0 Å². The normalized spacial score (nSPS) is 11.2. The fourth-order valence-corrected chi connectivity index (χ4v) is 2.10. The monoisotopic (exact) mass is 292 g/mol. The molecule has 2 heterocycles. The Balaban J connectivity index is 2.41. The van der Waals surface area contributed by atoms with E-state index in [9.17, 15) is 18.4 Å². The summed E-state index contributed by atoms with van der Waals surface area (Å²) >= 11 is 0. The molecule has 0 saturated carbocycles. The fourth-order valence-electron chi connectivity index (χ4n) is 2.10. The molecule has 0 bridgehead atoms. The molecule has 1 aromatic carbocycles. The van der Waals surface area contributed by atoms with Crippen LogP contribution in [0.2, 0.25) is 0 Å². The number of imidazole rings is 1. The van der Waals surface area contributed by atoms with Gasteiger partial charge < -0.3 is 4.98 Å². The lowest BCUT2D eigenvalue weighted by Crippen LogP contribution is -2.28. The van der Waals surface area contributed by atoms with Gasteiger partial charge in [-0.15, -0.1) is 0 Å². The van der Waals surface area contributed by atoms with Crippen LogP contribution in [0, 0.1) is 18.6 Å². The van der Waals surface area contributed by atoms with Crippen molar-refractivity contribution in [2.45, 2.75) is 6.92 Å². The number of nitrogens with one attached hydrogen (secondary N) is 2. The predicted octanol–water partition coefficient (Wildman–Crippen LogP) is 1.20. The fraction of sp³-hybridized carbons (Fsp3) is 0.154. The van der Waals surface area contributed by atoms with Gasteiger partial charge in [0, 0.05) is 7.05 Å². The molecule has 6 nitrogen and oxygen atoms in total. The van der Waals surface area contributed by atoms with Crippen molar-refractivity contribution in [3.63, 3.8) is 0 Å². The van der Waals surface area contributed by atoms with Crippen LogP contribution < -0.4 is 11.2 Å². The third-order valence-electron chi connectivity index (χ3n) is 3.28. The standard InChI is InChI=1S/C13H10F2N4O2/c1-5-3-4-6(14)7(8(5)15)10-16-9-11(17-10)19(2)13(21)18-12(9)20/h3-4H,1-2H3,(H,16,17)(H,18,20,21). The van der Waals surface area contributed by atoms with Crippen LogP contribution >= 0.6 is 0 Å². The third kappa shape index (κ3) is 1.87. The van der Waals surface area contributed by atoms with Crippen LogP contribution in [0.25, 0.3) is 22.6 Å². The maximum atomic E-state index is 14.1. The first-order valence-corrected chi connectivity index (χ1v) is 6.04. The Morgan fingerprint density at radius 1 is 1.19 bits per heavy atom. The zero-order valence-corrected chi connectivity index (χ0v) is 11.1. The van der Waals surface area contributed by atoms with Crippen molar-refractivity contribution >= 4 is 11.2 Å². The molecule has 0 spiro atoms. The minimum Gasteiger partial charge on any atom is -0.332 e. The summed E-state index contributed by atoms with van der Waals surface area (Å²) in [5.41, 5.74) is -1.46. The van der Waals surface area contributed by atoms with Crippen molar-refractivity contribution < 1.29 is 8.78 Å². The number of rotatable bonds is 1. The Kier molecular flexibility index (Phi) is 2.75. The van der Waals surface area contributed by atoms with Gasteiger partial charge in [0.15, 0.2) is 5.65 Å². The second-order valence-corrected chi connectivity index (χ2v) is 4.66. The maximum Gasteiger partial charge on any atom is 0.329 e. The molecule has 21 heavy (non-hydrogen) atoms. The van der Waals surface area contributed by atoms with E-state index in [2.05, 4.69) is 15.0 Å². The van der Waals surface area contributed by atoms with Crippen LogP contribution in [0.5, 0.6) is 0 Å². The lowest BCUT2D eigenvalue weighted by atomic mass is 10.1.